The number of hydrogen-bond donors (Lipinski definition) is 2. The van der Waals surface area contributed by atoms with Crippen LogP contribution in [-0.2, 0) is 6.42 Å². The Bertz CT molecular complexity index is 370. The SMILES string of the molecule is CCc1cccc(B(O)O)c1C1CCCCC1. The first-order valence-corrected chi connectivity index (χ1v) is 6.71. The summed E-state index contributed by atoms with van der Waals surface area (Å²) in [6, 6.07) is 5.91. The molecule has 1 aromatic carbocycles. The van der Waals surface area contributed by atoms with Crippen LogP contribution in [-0.4, -0.2) is 17.2 Å². The number of benzene rings is 1. The molecule has 1 saturated carbocycles. The first kappa shape index (κ1) is 12.7. The van der Waals surface area contributed by atoms with Crippen molar-refractivity contribution in [3.8, 4) is 0 Å². The van der Waals surface area contributed by atoms with Crippen LogP contribution >= 0.6 is 0 Å². The second-order valence-electron chi connectivity index (χ2n) is 4.98. The lowest BCUT2D eigenvalue weighted by Gasteiger charge is -2.26. The van der Waals surface area contributed by atoms with E-state index in [1.807, 2.05) is 12.1 Å². The summed E-state index contributed by atoms with van der Waals surface area (Å²) in [5, 5.41) is 19.0. The summed E-state index contributed by atoms with van der Waals surface area (Å²) in [5.41, 5.74) is 3.21. The molecule has 0 radical (unpaired) electrons. The van der Waals surface area contributed by atoms with Gasteiger partial charge in [0, 0.05) is 0 Å². The Morgan fingerprint density at radius 3 is 2.47 bits per heavy atom. The fourth-order valence-electron chi connectivity index (χ4n) is 3.06. The fraction of sp³-hybridized carbons (Fsp3) is 0.571. The monoisotopic (exact) mass is 232 g/mol. The predicted octanol–water partition coefficient (Wildman–Crippen LogP) is 1.98. The summed E-state index contributed by atoms with van der Waals surface area (Å²) in [7, 11) is -1.33. The average molecular weight is 232 g/mol. The Balaban J connectivity index is 2.40. The van der Waals surface area contributed by atoms with Crippen LogP contribution in [0.2, 0.25) is 0 Å². The Morgan fingerprint density at radius 2 is 1.88 bits per heavy atom. The summed E-state index contributed by atoms with van der Waals surface area (Å²) in [4.78, 5) is 0. The van der Waals surface area contributed by atoms with Crippen LogP contribution in [0.5, 0.6) is 0 Å². The van der Waals surface area contributed by atoms with Gasteiger partial charge in [-0.25, -0.2) is 0 Å². The molecule has 0 saturated heterocycles. The summed E-state index contributed by atoms with van der Waals surface area (Å²) in [6.07, 6.45) is 7.20. The van der Waals surface area contributed by atoms with Gasteiger partial charge in [0.05, 0.1) is 0 Å². The van der Waals surface area contributed by atoms with Crippen LogP contribution in [0.4, 0.5) is 0 Å². The molecule has 2 N–H and O–H groups in total. The van der Waals surface area contributed by atoms with Crippen molar-refractivity contribution in [2.45, 2.75) is 51.4 Å². The van der Waals surface area contributed by atoms with Gasteiger partial charge in [0.2, 0.25) is 0 Å². The quantitative estimate of drug-likeness (QED) is 0.782. The van der Waals surface area contributed by atoms with Crippen LogP contribution in [0, 0.1) is 0 Å². The van der Waals surface area contributed by atoms with Gasteiger partial charge in [0.1, 0.15) is 0 Å². The fourth-order valence-corrected chi connectivity index (χ4v) is 3.06. The lowest BCUT2D eigenvalue weighted by molar-refractivity contribution is 0.419. The minimum Gasteiger partial charge on any atom is -0.423 e. The maximum absolute atomic E-state index is 9.51. The Labute approximate surface area is 104 Å². The zero-order valence-electron chi connectivity index (χ0n) is 10.5. The van der Waals surface area contributed by atoms with Crippen LogP contribution in [0.25, 0.3) is 0 Å². The van der Waals surface area contributed by atoms with Crippen molar-refractivity contribution >= 4 is 12.6 Å². The Hall–Kier alpha value is -0.795. The standard InChI is InChI=1S/C14H21BO2/c1-2-11-9-6-10-13(15(16)17)14(11)12-7-4-3-5-8-12/h6,9-10,12,16-17H,2-5,7-8H2,1H3. The topological polar surface area (TPSA) is 40.5 Å². The molecule has 1 aliphatic carbocycles. The van der Waals surface area contributed by atoms with E-state index in [-0.39, 0.29) is 0 Å². The summed E-state index contributed by atoms with van der Waals surface area (Å²) >= 11 is 0. The molecule has 0 heterocycles. The first-order chi connectivity index (χ1) is 8.24. The van der Waals surface area contributed by atoms with E-state index in [4.69, 9.17) is 0 Å². The second-order valence-corrected chi connectivity index (χ2v) is 4.98. The Kier molecular flexibility index (Phi) is 4.24. The summed E-state index contributed by atoms with van der Waals surface area (Å²) in [6.45, 7) is 2.13. The van der Waals surface area contributed by atoms with Gasteiger partial charge in [-0.05, 0) is 41.8 Å². The first-order valence-electron chi connectivity index (χ1n) is 6.71. The van der Waals surface area contributed by atoms with Crippen molar-refractivity contribution in [1.29, 1.82) is 0 Å². The molecular weight excluding hydrogens is 211 g/mol. The largest absolute Gasteiger partial charge is 0.488 e. The van der Waals surface area contributed by atoms with E-state index in [9.17, 15) is 10.0 Å². The Morgan fingerprint density at radius 1 is 1.18 bits per heavy atom. The third kappa shape index (κ3) is 2.72. The molecule has 0 spiro atoms. The zero-order valence-corrected chi connectivity index (χ0v) is 10.5. The molecule has 0 aliphatic heterocycles. The maximum Gasteiger partial charge on any atom is 0.488 e. The van der Waals surface area contributed by atoms with Crippen LogP contribution in [0.1, 0.15) is 56.1 Å². The highest BCUT2D eigenvalue weighted by Crippen LogP contribution is 2.33. The molecule has 1 aliphatic rings. The molecular formula is C14H21BO2. The van der Waals surface area contributed by atoms with E-state index in [1.165, 1.54) is 43.2 Å². The summed E-state index contributed by atoms with van der Waals surface area (Å²) < 4.78 is 0. The molecule has 0 bridgehead atoms. The van der Waals surface area contributed by atoms with Crippen molar-refractivity contribution in [3.05, 3.63) is 29.3 Å². The minimum atomic E-state index is -1.33. The molecule has 0 unspecified atom stereocenters. The average Bonchev–Trinajstić information content (AvgIpc) is 2.38. The van der Waals surface area contributed by atoms with Crippen molar-refractivity contribution in [3.63, 3.8) is 0 Å². The maximum atomic E-state index is 9.51. The number of rotatable bonds is 3. The van der Waals surface area contributed by atoms with E-state index in [2.05, 4.69) is 13.0 Å². The van der Waals surface area contributed by atoms with Crippen molar-refractivity contribution < 1.29 is 10.0 Å². The normalized spacial score (nSPS) is 17.1. The van der Waals surface area contributed by atoms with Crippen LogP contribution < -0.4 is 5.46 Å². The highest BCUT2D eigenvalue weighted by Gasteiger charge is 2.25. The molecule has 92 valence electrons. The third-order valence-electron chi connectivity index (χ3n) is 3.90. The van der Waals surface area contributed by atoms with E-state index in [1.54, 1.807) is 0 Å². The highest BCUT2D eigenvalue weighted by atomic mass is 16.4. The van der Waals surface area contributed by atoms with Gasteiger partial charge >= 0.3 is 7.12 Å². The molecule has 17 heavy (non-hydrogen) atoms. The second kappa shape index (κ2) is 5.70. The van der Waals surface area contributed by atoms with Crippen molar-refractivity contribution in [1.82, 2.24) is 0 Å². The molecule has 2 nitrogen and oxygen atoms in total. The molecule has 0 atom stereocenters. The van der Waals surface area contributed by atoms with E-state index in [0.717, 1.165) is 11.9 Å². The van der Waals surface area contributed by atoms with Gasteiger partial charge in [-0.15, -0.1) is 0 Å². The smallest absolute Gasteiger partial charge is 0.423 e. The third-order valence-corrected chi connectivity index (χ3v) is 3.90. The van der Waals surface area contributed by atoms with E-state index in [0.29, 0.717) is 5.92 Å². The zero-order chi connectivity index (χ0) is 12.3. The molecule has 0 aromatic heterocycles. The molecule has 2 rings (SSSR count). The molecule has 3 heteroatoms. The molecule has 0 amide bonds. The van der Waals surface area contributed by atoms with E-state index < -0.39 is 7.12 Å². The van der Waals surface area contributed by atoms with Gasteiger partial charge in [0.25, 0.3) is 0 Å². The number of aryl methyl sites for hydroxylation is 1. The lowest BCUT2D eigenvalue weighted by Crippen LogP contribution is -2.35. The predicted molar refractivity (Wildman–Crippen MR) is 71.5 cm³/mol. The van der Waals surface area contributed by atoms with Gasteiger partial charge in [-0.3, -0.25) is 0 Å². The van der Waals surface area contributed by atoms with Crippen molar-refractivity contribution in [2.75, 3.05) is 0 Å². The van der Waals surface area contributed by atoms with Crippen LogP contribution in [0.3, 0.4) is 0 Å². The van der Waals surface area contributed by atoms with Crippen LogP contribution in [0.15, 0.2) is 18.2 Å². The summed E-state index contributed by atoms with van der Waals surface area (Å²) in [5.74, 6) is 0.525. The number of hydrogen-bond acceptors (Lipinski definition) is 2. The molecule has 1 aromatic rings. The van der Waals surface area contributed by atoms with Gasteiger partial charge in [-0.2, -0.15) is 0 Å². The van der Waals surface area contributed by atoms with Gasteiger partial charge in [0.15, 0.2) is 0 Å². The lowest BCUT2D eigenvalue weighted by atomic mass is 9.69. The van der Waals surface area contributed by atoms with E-state index >= 15 is 0 Å². The minimum absolute atomic E-state index is 0.525. The van der Waals surface area contributed by atoms with Gasteiger partial charge < -0.3 is 10.0 Å². The van der Waals surface area contributed by atoms with Crippen molar-refractivity contribution in [2.24, 2.45) is 0 Å². The highest BCUT2D eigenvalue weighted by molar-refractivity contribution is 6.59. The molecule has 1 fully saturated rings. The van der Waals surface area contributed by atoms with Gasteiger partial charge in [-0.1, -0.05) is 44.4 Å².